The van der Waals surface area contributed by atoms with Gasteiger partial charge in [0, 0.05) is 38.5 Å². The van der Waals surface area contributed by atoms with E-state index in [1.165, 1.54) is 16.4 Å². The van der Waals surface area contributed by atoms with Gasteiger partial charge in [0.2, 0.25) is 0 Å². The summed E-state index contributed by atoms with van der Waals surface area (Å²) >= 11 is 0. The van der Waals surface area contributed by atoms with Crippen LogP contribution in [-0.4, -0.2) is 58.5 Å². The van der Waals surface area contributed by atoms with Crippen LogP contribution in [0.3, 0.4) is 0 Å². The lowest BCUT2D eigenvalue weighted by Gasteiger charge is -2.19. The number of sulfone groups is 1. The fourth-order valence-corrected chi connectivity index (χ4v) is 3.94. The van der Waals surface area contributed by atoms with Crippen LogP contribution in [0.15, 0.2) is 23.1 Å². The van der Waals surface area contributed by atoms with Gasteiger partial charge in [-0.15, -0.1) is 0 Å². The fraction of sp³-hybridized carbons (Fsp3) is 0.538. The van der Waals surface area contributed by atoms with Gasteiger partial charge in [-0.05, 0) is 12.1 Å². The third-order valence-electron chi connectivity index (χ3n) is 3.36. The van der Waals surface area contributed by atoms with Gasteiger partial charge in [0.25, 0.3) is 15.9 Å². The van der Waals surface area contributed by atoms with Gasteiger partial charge in [-0.1, -0.05) is 13.8 Å². The molecule has 2 N–H and O–H groups in total. The van der Waals surface area contributed by atoms with E-state index in [2.05, 4.69) is 10.0 Å². The van der Waals surface area contributed by atoms with Crippen molar-refractivity contribution < 1.29 is 21.8 Å². The number of nitro groups is 1. The molecule has 0 spiro atoms. The Hall–Kier alpha value is -1.76. The quantitative estimate of drug-likeness (QED) is 0.336. The molecule has 0 aliphatic heterocycles. The molecule has 1 aromatic carbocycles. The topological polar surface area (TPSA) is 139 Å². The van der Waals surface area contributed by atoms with E-state index in [0.717, 1.165) is 12.3 Å². The Labute approximate surface area is 147 Å². The Balaban J connectivity index is 2.80. The molecule has 142 valence electrons. The summed E-state index contributed by atoms with van der Waals surface area (Å²) in [5, 5.41) is 13.9. The first-order valence-corrected chi connectivity index (χ1v) is 10.8. The van der Waals surface area contributed by atoms with Crippen molar-refractivity contribution >= 4 is 31.4 Å². The Bertz CT molecular complexity index is 819. The summed E-state index contributed by atoms with van der Waals surface area (Å²) in [4.78, 5) is 10.3. The van der Waals surface area contributed by atoms with Crippen molar-refractivity contribution in [1.29, 1.82) is 0 Å². The standard InChI is InChI=1S/C13H22N4O6S2/c1-4-16(5-2)25(22,23)15-9-8-14-12-7-6-11(24(3,20)21)10-13(12)17(18)19/h6-7,10,14-15H,4-5,8-9H2,1-3H3. The van der Waals surface area contributed by atoms with Gasteiger partial charge in [-0.3, -0.25) is 10.1 Å². The zero-order chi connectivity index (χ0) is 19.3. The highest BCUT2D eigenvalue weighted by Crippen LogP contribution is 2.27. The minimum atomic E-state index is -3.60. The molecule has 0 unspecified atom stereocenters. The number of nitro benzene ring substituents is 1. The summed E-state index contributed by atoms with van der Waals surface area (Å²) in [5.41, 5.74) is -0.283. The minimum absolute atomic E-state index is 0.0177. The van der Waals surface area contributed by atoms with E-state index in [4.69, 9.17) is 0 Å². The maximum atomic E-state index is 11.9. The molecule has 12 heteroatoms. The van der Waals surface area contributed by atoms with Crippen molar-refractivity contribution in [2.45, 2.75) is 18.7 Å². The lowest BCUT2D eigenvalue weighted by Crippen LogP contribution is -2.42. The molecular formula is C13H22N4O6S2. The molecule has 0 heterocycles. The maximum absolute atomic E-state index is 11.9. The summed E-state index contributed by atoms with van der Waals surface area (Å²) in [7, 11) is -7.16. The molecule has 1 aromatic rings. The summed E-state index contributed by atoms with van der Waals surface area (Å²) in [5.74, 6) is 0. The molecule has 0 aliphatic carbocycles. The first-order chi connectivity index (χ1) is 11.5. The third-order valence-corrected chi connectivity index (χ3v) is 6.24. The summed E-state index contributed by atoms with van der Waals surface area (Å²) in [6.07, 6.45) is 0.959. The van der Waals surface area contributed by atoms with Crippen molar-refractivity contribution in [3.05, 3.63) is 28.3 Å². The van der Waals surface area contributed by atoms with Crippen LogP contribution in [0.25, 0.3) is 0 Å². The molecule has 0 saturated carbocycles. The van der Waals surface area contributed by atoms with Gasteiger partial charge in [-0.2, -0.15) is 12.7 Å². The largest absolute Gasteiger partial charge is 0.378 e. The number of rotatable bonds is 10. The number of nitrogens with zero attached hydrogens (tertiary/aromatic N) is 2. The van der Waals surface area contributed by atoms with E-state index in [9.17, 15) is 26.9 Å². The number of hydrogen-bond donors (Lipinski definition) is 2. The second-order valence-corrected chi connectivity index (χ2v) is 8.89. The predicted molar refractivity (Wildman–Crippen MR) is 94.5 cm³/mol. The van der Waals surface area contributed by atoms with Crippen molar-refractivity contribution in [2.75, 3.05) is 37.8 Å². The van der Waals surface area contributed by atoms with Crippen molar-refractivity contribution in [2.24, 2.45) is 0 Å². The molecule has 0 bridgehead atoms. The van der Waals surface area contributed by atoms with Crippen LogP contribution in [0.4, 0.5) is 11.4 Å². The monoisotopic (exact) mass is 394 g/mol. The van der Waals surface area contributed by atoms with Gasteiger partial charge in [0.15, 0.2) is 9.84 Å². The third kappa shape index (κ3) is 5.92. The minimum Gasteiger partial charge on any atom is -0.378 e. The smallest absolute Gasteiger partial charge is 0.293 e. The normalized spacial score (nSPS) is 12.3. The molecule has 0 aliphatic rings. The van der Waals surface area contributed by atoms with Crippen LogP contribution in [0.5, 0.6) is 0 Å². The number of benzene rings is 1. The Morgan fingerprint density at radius 2 is 1.72 bits per heavy atom. The number of anilines is 1. The Morgan fingerprint density at radius 1 is 1.12 bits per heavy atom. The fourth-order valence-electron chi connectivity index (χ4n) is 2.07. The first kappa shape index (κ1) is 21.3. The van der Waals surface area contributed by atoms with E-state index in [1.54, 1.807) is 13.8 Å². The van der Waals surface area contributed by atoms with Crippen molar-refractivity contribution in [3.63, 3.8) is 0 Å². The van der Waals surface area contributed by atoms with Crippen molar-refractivity contribution in [3.8, 4) is 0 Å². The van der Waals surface area contributed by atoms with Crippen LogP contribution in [-0.2, 0) is 20.0 Å². The maximum Gasteiger partial charge on any atom is 0.293 e. The van der Waals surface area contributed by atoms with E-state index in [1.807, 2.05) is 0 Å². The van der Waals surface area contributed by atoms with Crippen LogP contribution < -0.4 is 10.0 Å². The lowest BCUT2D eigenvalue weighted by molar-refractivity contribution is -0.384. The van der Waals surface area contributed by atoms with Crippen LogP contribution >= 0.6 is 0 Å². The van der Waals surface area contributed by atoms with Crippen LogP contribution in [0.1, 0.15) is 13.8 Å². The summed E-state index contributed by atoms with van der Waals surface area (Å²) in [6.45, 7) is 4.21. The van der Waals surface area contributed by atoms with Gasteiger partial charge < -0.3 is 5.32 Å². The van der Waals surface area contributed by atoms with Crippen LogP contribution in [0.2, 0.25) is 0 Å². The Kier molecular flexibility index (Phi) is 7.29. The number of hydrogen-bond acceptors (Lipinski definition) is 7. The highest BCUT2D eigenvalue weighted by atomic mass is 32.2. The average Bonchev–Trinajstić information content (AvgIpc) is 2.51. The summed E-state index contributed by atoms with van der Waals surface area (Å²) in [6, 6.07) is 3.51. The second-order valence-electron chi connectivity index (χ2n) is 5.12. The van der Waals surface area contributed by atoms with Gasteiger partial charge in [0.05, 0.1) is 9.82 Å². The molecule has 0 atom stereocenters. The molecular weight excluding hydrogens is 372 g/mol. The highest BCUT2D eigenvalue weighted by molar-refractivity contribution is 7.90. The molecule has 25 heavy (non-hydrogen) atoms. The molecule has 0 radical (unpaired) electrons. The zero-order valence-electron chi connectivity index (χ0n) is 14.2. The van der Waals surface area contributed by atoms with Gasteiger partial charge >= 0.3 is 0 Å². The zero-order valence-corrected chi connectivity index (χ0v) is 15.9. The summed E-state index contributed by atoms with van der Waals surface area (Å²) < 4.78 is 50.5. The van der Waals surface area contributed by atoms with Crippen molar-refractivity contribution in [1.82, 2.24) is 9.03 Å². The SMILES string of the molecule is CCN(CC)S(=O)(=O)NCCNc1ccc(S(C)(=O)=O)cc1[N+](=O)[O-]. The van der Waals surface area contributed by atoms with E-state index in [0.29, 0.717) is 13.1 Å². The molecule has 0 aromatic heterocycles. The van der Waals surface area contributed by atoms with E-state index >= 15 is 0 Å². The van der Waals surface area contributed by atoms with E-state index in [-0.39, 0.29) is 23.7 Å². The molecule has 1 rings (SSSR count). The molecule has 10 nitrogen and oxygen atoms in total. The van der Waals surface area contributed by atoms with Crippen LogP contribution in [0, 0.1) is 10.1 Å². The second kappa shape index (κ2) is 8.56. The predicted octanol–water partition coefficient (Wildman–Crippen LogP) is 0.586. The molecule has 0 saturated heterocycles. The molecule has 0 amide bonds. The van der Waals surface area contributed by atoms with E-state index < -0.39 is 30.7 Å². The van der Waals surface area contributed by atoms with Gasteiger partial charge in [0.1, 0.15) is 5.69 Å². The highest BCUT2D eigenvalue weighted by Gasteiger charge is 2.20. The first-order valence-electron chi connectivity index (χ1n) is 7.50. The average molecular weight is 394 g/mol. The van der Waals surface area contributed by atoms with Gasteiger partial charge in [-0.25, -0.2) is 13.1 Å². The lowest BCUT2D eigenvalue weighted by atomic mass is 10.2. The Morgan fingerprint density at radius 3 is 2.20 bits per heavy atom. The molecule has 0 fully saturated rings. The number of nitrogens with one attached hydrogen (secondary N) is 2.